The van der Waals surface area contributed by atoms with E-state index in [9.17, 15) is 4.79 Å². The minimum Gasteiger partial charge on any atom is -0.496 e. The summed E-state index contributed by atoms with van der Waals surface area (Å²) in [6.07, 6.45) is 6.13. The SMILES string of the molecule is COc1ccncc1C1CCCN(C(=O)Cc2ccc3ccccc3c2)C1. The van der Waals surface area contributed by atoms with Crippen LogP contribution in [0.1, 0.15) is 29.9 Å². The molecule has 4 heteroatoms. The molecule has 1 fully saturated rings. The first-order chi connectivity index (χ1) is 13.2. The van der Waals surface area contributed by atoms with Crippen LogP contribution in [0.4, 0.5) is 0 Å². The highest BCUT2D eigenvalue weighted by atomic mass is 16.5. The van der Waals surface area contributed by atoms with Crippen LogP contribution >= 0.6 is 0 Å². The van der Waals surface area contributed by atoms with Gasteiger partial charge < -0.3 is 9.64 Å². The number of benzene rings is 2. The van der Waals surface area contributed by atoms with Crippen LogP contribution in [0.5, 0.6) is 5.75 Å². The Hall–Kier alpha value is -2.88. The Morgan fingerprint density at radius 3 is 2.89 bits per heavy atom. The molecule has 4 rings (SSSR count). The van der Waals surface area contributed by atoms with Gasteiger partial charge in [0.05, 0.1) is 13.5 Å². The summed E-state index contributed by atoms with van der Waals surface area (Å²) in [4.78, 5) is 19.2. The van der Waals surface area contributed by atoms with Crippen molar-refractivity contribution in [2.75, 3.05) is 20.2 Å². The molecule has 1 aromatic heterocycles. The largest absolute Gasteiger partial charge is 0.496 e. The fourth-order valence-electron chi connectivity index (χ4n) is 3.98. The third-order valence-electron chi connectivity index (χ3n) is 5.41. The second-order valence-electron chi connectivity index (χ2n) is 7.15. The van der Waals surface area contributed by atoms with E-state index in [-0.39, 0.29) is 11.8 Å². The maximum Gasteiger partial charge on any atom is 0.227 e. The molecule has 0 bridgehead atoms. The Kier molecular flexibility index (Phi) is 5.05. The number of hydrogen-bond acceptors (Lipinski definition) is 3. The second-order valence-corrected chi connectivity index (χ2v) is 7.15. The first kappa shape index (κ1) is 17.5. The minimum atomic E-state index is 0.192. The quantitative estimate of drug-likeness (QED) is 0.700. The van der Waals surface area contributed by atoms with E-state index in [1.165, 1.54) is 10.8 Å². The van der Waals surface area contributed by atoms with Gasteiger partial charge in [0.2, 0.25) is 5.91 Å². The number of aromatic nitrogens is 1. The normalized spacial score (nSPS) is 17.1. The molecule has 0 saturated carbocycles. The number of methoxy groups -OCH3 is 1. The van der Waals surface area contributed by atoms with Gasteiger partial charge in [0.1, 0.15) is 5.75 Å². The van der Waals surface area contributed by atoms with Crippen LogP contribution in [0.2, 0.25) is 0 Å². The van der Waals surface area contributed by atoms with Crippen LogP contribution < -0.4 is 4.74 Å². The highest BCUT2D eigenvalue weighted by Gasteiger charge is 2.26. The standard InChI is InChI=1S/C23H24N2O2/c1-27-22-10-11-24-15-21(22)20-7-4-12-25(16-20)23(26)14-17-8-9-18-5-2-3-6-19(18)13-17/h2-3,5-6,8-11,13,15,20H,4,7,12,14,16H2,1H3. The summed E-state index contributed by atoms with van der Waals surface area (Å²) >= 11 is 0. The third-order valence-corrected chi connectivity index (χ3v) is 5.41. The van der Waals surface area contributed by atoms with Gasteiger partial charge in [-0.2, -0.15) is 0 Å². The summed E-state index contributed by atoms with van der Waals surface area (Å²) in [5, 5.41) is 2.38. The Labute approximate surface area is 159 Å². The predicted molar refractivity (Wildman–Crippen MR) is 107 cm³/mol. The van der Waals surface area contributed by atoms with Crippen LogP contribution in [0, 0.1) is 0 Å². The molecule has 1 atom stereocenters. The number of piperidine rings is 1. The number of carbonyl (C=O) groups is 1. The number of likely N-dealkylation sites (tertiary alicyclic amines) is 1. The smallest absolute Gasteiger partial charge is 0.227 e. The third kappa shape index (κ3) is 3.80. The molecule has 1 amide bonds. The van der Waals surface area contributed by atoms with E-state index in [2.05, 4.69) is 35.3 Å². The predicted octanol–water partition coefficient (Wildman–Crippen LogP) is 4.19. The lowest BCUT2D eigenvalue weighted by Crippen LogP contribution is -2.40. The zero-order valence-corrected chi connectivity index (χ0v) is 15.6. The monoisotopic (exact) mass is 360 g/mol. The first-order valence-corrected chi connectivity index (χ1v) is 9.48. The Morgan fingerprint density at radius 2 is 2.04 bits per heavy atom. The van der Waals surface area contributed by atoms with Crippen LogP contribution in [-0.4, -0.2) is 36.0 Å². The summed E-state index contributed by atoms with van der Waals surface area (Å²) in [5.41, 5.74) is 2.17. The van der Waals surface area contributed by atoms with Crippen LogP contribution in [-0.2, 0) is 11.2 Å². The van der Waals surface area contributed by atoms with E-state index in [0.29, 0.717) is 6.42 Å². The number of amides is 1. The molecule has 1 aliphatic heterocycles. The van der Waals surface area contributed by atoms with Crippen molar-refractivity contribution in [3.8, 4) is 5.75 Å². The lowest BCUT2D eigenvalue weighted by molar-refractivity contribution is -0.131. The number of pyridine rings is 1. The zero-order valence-electron chi connectivity index (χ0n) is 15.6. The van der Waals surface area contributed by atoms with Crippen LogP contribution in [0.15, 0.2) is 60.9 Å². The molecule has 27 heavy (non-hydrogen) atoms. The van der Waals surface area contributed by atoms with Crippen molar-refractivity contribution in [3.05, 3.63) is 72.1 Å². The van der Waals surface area contributed by atoms with Crippen molar-refractivity contribution in [2.24, 2.45) is 0 Å². The number of nitrogens with zero attached hydrogens (tertiary/aromatic N) is 2. The van der Waals surface area contributed by atoms with E-state index < -0.39 is 0 Å². The van der Waals surface area contributed by atoms with Crippen LogP contribution in [0.25, 0.3) is 10.8 Å². The van der Waals surface area contributed by atoms with Crippen molar-refractivity contribution < 1.29 is 9.53 Å². The minimum absolute atomic E-state index is 0.192. The second kappa shape index (κ2) is 7.78. The summed E-state index contributed by atoms with van der Waals surface area (Å²) in [5.74, 6) is 1.33. The van der Waals surface area contributed by atoms with Crippen molar-refractivity contribution >= 4 is 16.7 Å². The van der Waals surface area contributed by atoms with Gasteiger partial charge in [0.25, 0.3) is 0 Å². The van der Waals surface area contributed by atoms with Gasteiger partial charge in [-0.25, -0.2) is 0 Å². The summed E-state index contributed by atoms with van der Waals surface area (Å²) < 4.78 is 5.49. The van der Waals surface area contributed by atoms with E-state index in [1.54, 1.807) is 13.3 Å². The van der Waals surface area contributed by atoms with E-state index in [0.717, 1.165) is 42.8 Å². The average molecular weight is 360 g/mol. The molecule has 3 aromatic rings. The molecule has 2 aromatic carbocycles. The molecule has 0 N–H and O–H groups in total. The highest BCUT2D eigenvalue weighted by molar-refractivity contribution is 5.85. The van der Waals surface area contributed by atoms with Crippen molar-refractivity contribution in [1.82, 2.24) is 9.88 Å². The van der Waals surface area contributed by atoms with Crippen LogP contribution in [0.3, 0.4) is 0 Å². The fourth-order valence-corrected chi connectivity index (χ4v) is 3.98. The summed E-state index contributed by atoms with van der Waals surface area (Å²) in [6.45, 7) is 1.56. The Bertz CT molecular complexity index is 954. The Morgan fingerprint density at radius 1 is 1.19 bits per heavy atom. The van der Waals surface area contributed by atoms with Gasteiger partial charge in [-0.3, -0.25) is 9.78 Å². The average Bonchev–Trinajstić information content (AvgIpc) is 2.73. The molecule has 138 valence electrons. The molecule has 1 saturated heterocycles. The molecule has 2 heterocycles. The molecule has 0 radical (unpaired) electrons. The maximum absolute atomic E-state index is 12.9. The van der Waals surface area contributed by atoms with E-state index in [1.807, 2.05) is 29.3 Å². The lowest BCUT2D eigenvalue weighted by Gasteiger charge is -2.33. The fraction of sp³-hybridized carbons (Fsp3) is 0.304. The number of hydrogen-bond donors (Lipinski definition) is 0. The lowest BCUT2D eigenvalue weighted by atomic mass is 9.90. The molecule has 4 nitrogen and oxygen atoms in total. The van der Waals surface area contributed by atoms with Gasteiger partial charge in [0, 0.05) is 37.0 Å². The van der Waals surface area contributed by atoms with Gasteiger partial charge in [0.15, 0.2) is 0 Å². The van der Waals surface area contributed by atoms with Gasteiger partial charge in [-0.05, 0) is 35.2 Å². The molecular weight excluding hydrogens is 336 g/mol. The number of ether oxygens (including phenoxy) is 1. The van der Waals surface area contributed by atoms with E-state index >= 15 is 0 Å². The number of fused-ring (bicyclic) bond motifs is 1. The topological polar surface area (TPSA) is 42.4 Å². The van der Waals surface area contributed by atoms with Gasteiger partial charge in [-0.1, -0.05) is 42.5 Å². The van der Waals surface area contributed by atoms with Gasteiger partial charge >= 0.3 is 0 Å². The summed E-state index contributed by atoms with van der Waals surface area (Å²) in [7, 11) is 1.68. The molecule has 1 aliphatic rings. The van der Waals surface area contributed by atoms with Crippen molar-refractivity contribution in [1.29, 1.82) is 0 Å². The number of carbonyl (C=O) groups excluding carboxylic acids is 1. The number of rotatable bonds is 4. The zero-order chi connectivity index (χ0) is 18.6. The molecule has 0 aliphatic carbocycles. The first-order valence-electron chi connectivity index (χ1n) is 9.48. The van der Waals surface area contributed by atoms with E-state index in [4.69, 9.17) is 4.74 Å². The highest BCUT2D eigenvalue weighted by Crippen LogP contribution is 2.32. The molecule has 1 unspecified atom stereocenters. The van der Waals surface area contributed by atoms with Gasteiger partial charge in [-0.15, -0.1) is 0 Å². The maximum atomic E-state index is 12.9. The molecular formula is C23H24N2O2. The summed E-state index contributed by atoms with van der Waals surface area (Å²) in [6, 6.07) is 16.4. The Balaban J connectivity index is 1.48. The molecule has 0 spiro atoms. The van der Waals surface area contributed by atoms with Crippen molar-refractivity contribution in [3.63, 3.8) is 0 Å². The van der Waals surface area contributed by atoms with Crippen molar-refractivity contribution in [2.45, 2.75) is 25.2 Å².